The van der Waals surface area contributed by atoms with Crippen LogP contribution in [-0.2, 0) is 6.18 Å². The van der Waals surface area contributed by atoms with Gasteiger partial charge in [0.05, 0.1) is 5.56 Å². The van der Waals surface area contributed by atoms with E-state index in [1.807, 2.05) is 6.92 Å². The van der Waals surface area contributed by atoms with Gasteiger partial charge in [0.15, 0.2) is 0 Å². The van der Waals surface area contributed by atoms with Gasteiger partial charge in [-0.25, -0.2) is 0 Å². The van der Waals surface area contributed by atoms with E-state index in [0.717, 1.165) is 30.5 Å². The van der Waals surface area contributed by atoms with Crippen molar-refractivity contribution in [2.24, 2.45) is 0 Å². The van der Waals surface area contributed by atoms with Gasteiger partial charge in [-0.05, 0) is 50.8 Å². The molecule has 2 rings (SSSR count). The molecule has 1 aliphatic carbocycles. The van der Waals surface area contributed by atoms with Crippen LogP contribution in [0.4, 0.5) is 13.2 Å². The summed E-state index contributed by atoms with van der Waals surface area (Å²) < 4.78 is 37.3. The highest BCUT2D eigenvalue weighted by Crippen LogP contribution is 2.34. The Balaban J connectivity index is 2.05. The molecule has 0 aliphatic heterocycles. The predicted octanol–water partition coefficient (Wildman–Crippen LogP) is 4.30. The van der Waals surface area contributed by atoms with E-state index < -0.39 is 11.7 Å². The first-order valence-corrected chi connectivity index (χ1v) is 6.25. The Labute approximate surface area is 105 Å². The third-order valence-electron chi connectivity index (χ3n) is 3.76. The zero-order valence-corrected chi connectivity index (χ0v) is 10.6. The van der Waals surface area contributed by atoms with Gasteiger partial charge in [-0.2, -0.15) is 13.2 Å². The van der Waals surface area contributed by atoms with Crippen LogP contribution in [0.25, 0.3) is 0 Å². The third kappa shape index (κ3) is 2.86. The van der Waals surface area contributed by atoms with Crippen LogP contribution in [-0.4, -0.2) is 5.54 Å². The zero-order chi connectivity index (χ0) is 13.4. The fraction of sp³-hybridized carbons (Fsp3) is 0.571. The molecule has 0 spiro atoms. The fourth-order valence-electron chi connectivity index (χ4n) is 2.42. The standard InChI is InChI=1S/C14H18F3N/c1-10(18-13(2)8-3-9-13)11-4-6-12(7-5-11)14(15,16)17/h4-7,10,18H,3,8-9H2,1-2H3. The Morgan fingerprint density at radius 2 is 1.72 bits per heavy atom. The average Bonchev–Trinajstić information content (AvgIpc) is 2.26. The van der Waals surface area contributed by atoms with Crippen molar-refractivity contribution in [3.63, 3.8) is 0 Å². The molecule has 0 radical (unpaired) electrons. The molecule has 1 unspecified atom stereocenters. The van der Waals surface area contributed by atoms with E-state index in [-0.39, 0.29) is 11.6 Å². The lowest BCUT2D eigenvalue weighted by atomic mass is 9.78. The molecular weight excluding hydrogens is 239 g/mol. The number of halogens is 3. The van der Waals surface area contributed by atoms with Gasteiger partial charge >= 0.3 is 6.18 Å². The lowest BCUT2D eigenvalue weighted by molar-refractivity contribution is -0.137. The molecule has 1 aromatic carbocycles. The molecule has 0 heterocycles. The molecule has 0 amide bonds. The number of rotatable bonds is 3. The molecular formula is C14H18F3N. The van der Waals surface area contributed by atoms with Gasteiger partial charge in [0.1, 0.15) is 0 Å². The van der Waals surface area contributed by atoms with Crippen molar-refractivity contribution in [1.29, 1.82) is 0 Å². The lowest BCUT2D eigenvalue weighted by Crippen LogP contribution is -2.49. The molecule has 4 heteroatoms. The molecule has 1 aliphatic rings. The Hall–Kier alpha value is -1.03. The van der Waals surface area contributed by atoms with Gasteiger partial charge in [-0.3, -0.25) is 0 Å². The molecule has 18 heavy (non-hydrogen) atoms. The van der Waals surface area contributed by atoms with Gasteiger partial charge in [0.2, 0.25) is 0 Å². The van der Waals surface area contributed by atoms with E-state index in [1.165, 1.54) is 6.42 Å². The summed E-state index contributed by atoms with van der Waals surface area (Å²) >= 11 is 0. The SMILES string of the molecule is CC(NC1(C)CCC1)c1ccc(C(F)(F)F)cc1. The van der Waals surface area contributed by atoms with Gasteiger partial charge in [0.25, 0.3) is 0 Å². The number of alkyl halides is 3. The second-order valence-electron chi connectivity index (χ2n) is 5.40. The minimum Gasteiger partial charge on any atom is -0.305 e. The quantitative estimate of drug-likeness (QED) is 0.851. The van der Waals surface area contributed by atoms with Crippen LogP contribution in [0.3, 0.4) is 0 Å². The second-order valence-corrected chi connectivity index (χ2v) is 5.40. The fourth-order valence-corrected chi connectivity index (χ4v) is 2.42. The van der Waals surface area contributed by atoms with Crippen molar-refractivity contribution in [2.75, 3.05) is 0 Å². The largest absolute Gasteiger partial charge is 0.416 e. The molecule has 1 aromatic rings. The van der Waals surface area contributed by atoms with Crippen LogP contribution in [0.1, 0.15) is 50.3 Å². The van der Waals surface area contributed by atoms with E-state index in [4.69, 9.17) is 0 Å². The zero-order valence-electron chi connectivity index (χ0n) is 10.6. The highest BCUT2D eigenvalue weighted by atomic mass is 19.4. The van der Waals surface area contributed by atoms with E-state index in [2.05, 4.69) is 12.2 Å². The summed E-state index contributed by atoms with van der Waals surface area (Å²) in [4.78, 5) is 0. The second kappa shape index (κ2) is 4.57. The van der Waals surface area contributed by atoms with E-state index >= 15 is 0 Å². The predicted molar refractivity (Wildman–Crippen MR) is 65.3 cm³/mol. The Morgan fingerprint density at radius 1 is 1.17 bits per heavy atom. The smallest absolute Gasteiger partial charge is 0.305 e. The number of hydrogen-bond acceptors (Lipinski definition) is 1. The molecule has 1 N–H and O–H groups in total. The Kier molecular flexibility index (Phi) is 3.41. The first kappa shape index (κ1) is 13.4. The number of hydrogen-bond donors (Lipinski definition) is 1. The Morgan fingerprint density at radius 3 is 2.11 bits per heavy atom. The summed E-state index contributed by atoms with van der Waals surface area (Å²) in [5.74, 6) is 0. The van der Waals surface area contributed by atoms with Crippen LogP contribution in [0.5, 0.6) is 0 Å². The molecule has 0 saturated heterocycles. The van der Waals surface area contributed by atoms with Crippen LogP contribution in [0, 0.1) is 0 Å². The molecule has 0 bridgehead atoms. The summed E-state index contributed by atoms with van der Waals surface area (Å²) in [6, 6.07) is 5.50. The molecule has 100 valence electrons. The molecule has 1 fully saturated rings. The van der Waals surface area contributed by atoms with Crippen molar-refractivity contribution in [3.8, 4) is 0 Å². The third-order valence-corrected chi connectivity index (χ3v) is 3.76. The highest BCUT2D eigenvalue weighted by molar-refractivity contribution is 5.26. The van der Waals surface area contributed by atoms with Gasteiger partial charge < -0.3 is 5.32 Å². The number of nitrogens with one attached hydrogen (secondary N) is 1. The molecule has 1 atom stereocenters. The van der Waals surface area contributed by atoms with Gasteiger partial charge in [-0.1, -0.05) is 12.1 Å². The van der Waals surface area contributed by atoms with Crippen LogP contribution >= 0.6 is 0 Å². The van der Waals surface area contributed by atoms with Crippen LogP contribution in [0.2, 0.25) is 0 Å². The lowest BCUT2D eigenvalue weighted by Gasteiger charge is -2.41. The van der Waals surface area contributed by atoms with Crippen molar-refractivity contribution in [1.82, 2.24) is 5.32 Å². The van der Waals surface area contributed by atoms with Crippen molar-refractivity contribution in [2.45, 2.75) is 50.9 Å². The van der Waals surface area contributed by atoms with Gasteiger partial charge in [-0.15, -0.1) is 0 Å². The van der Waals surface area contributed by atoms with E-state index in [9.17, 15) is 13.2 Å². The van der Waals surface area contributed by atoms with Crippen molar-refractivity contribution >= 4 is 0 Å². The van der Waals surface area contributed by atoms with E-state index in [1.54, 1.807) is 12.1 Å². The normalized spacial score (nSPS) is 20.3. The average molecular weight is 257 g/mol. The minimum atomic E-state index is -4.25. The maximum atomic E-state index is 12.4. The summed E-state index contributed by atoms with van der Waals surface area (Å²) in [7, 11) is 0. The summed E-state index contributed by atoms with van der Waals surface area (Å²) in [6.45, 7) is 4.16. The molecule has 1 nitrogen and oxygen atoms in total. The number of benzene rings is 1. The van der Waals surface area contributed by atoms with Crippen LogP contribution < -0.4 is 5.32 Å². The summed E-state index contributed by atoms with van der Waals surface area (Å²) in [5.41, 5.74) is 0.465. The van der Waals surface area contributed by atoms with E-state index in [0.29, 0.717) is 0 Å². The summed E-state index contributed by atoms with van der Waals surface area (Å²) in [5, 5.41) is 3.49. The Bertz CT molecular complexity index is 404. The first-order chi connectivity index (χ1) is 8.30. The van der Waals surface area contributed by atoms with Gasteiger partial charge in [0, 0.05) is 11.6 Å². The maximum Gasteiger partial charge on any atom is 0.416 e. The topological polar surface area (TPSA) is 12.0 Å². The molecule has 1 saturated carbocycles. The minimum absolute atomic E-state index is 0.0811. The monoisotopic (exact) mass is 257 g/mol. The maximum absolute atomic E-state index is 12.4. The van der Waals surface area contributed by atoms with Crippen LogP contribution in [0.15, 0.2) is 24.3 Å². The molecule has 0 aromatic heterocycles. The highest BCUT2D eigenvalue weighted by Gasteiger charge is 2.33. The van der Waals surface area contributed by atoms with Crippen molar-refractivity contribution < 1.29 is 13.2 Å². The summed E-state index contributed by atoms with van der Waals surface area (Å²) in [6.07, 6.45) is -0.756. The first-order valence-electron chi connectivity index (χ1n) is 6.25. The van der Waals surface area contributed by atoms with Crippen molar-refractivity contribution in [3.05, 3.63) is 35.4 Å².